The molecule has 0 spiro atoms. The lowest BCUT2D eigenvalue weighted by molar-refractivity contribution is -0.141. The normalized spacial score (nSPS) is 26.9. The summed E-state index contributed by atoms with van der Waals surface area (Å²) in [5.41, 5.74) is 0. The minimum Gasteiger partial charge on any atom is -0.463 e. The quantitative estimate of drug-likeness (QED) is 0.576. The Kier molecular flexibility index (Phi) is 3.87. The minimum absolute atomic E-state index is 0.164. The number of cyclic esters (lactones) is 1. The number of rotatable bonds is 4. The molecule has 1 heterocycles. The van der Waals surface area contributed by atoms with Crippen molar-refractivity contribution in [3.63, 3.8) is 0 Å². The van der Waals surface area contributed by atoms with E-state index >= 15 is 0 Å². The third kappa shape index (κ3) is 2.67. The summed E-state index contributed by atoms with van der Waals surface area (Å²) in [5, 5.41) is -0.224. The fraction of sp³-hybridized carbons (Fsp3) is 0.900. The van der Waals surface area contributed by atoms with Gasteiger partial charge in [-0.2, -0.15) is 0 Å². The Morgan fingerprint density at radius 1 is 1.62 bits per heavy atom. The molecule has 1 aliphatic heterocycles. The topological polar surface area (TPSA) is 55.8 Å². The van der Waals surface area contributed by atoms with E-state index in [1.54, 1.807) is 8.05 Å². The molecule has 0 unspecified atom stereocenters. The third-order valence-electron chi connectivity index (χ3n) is 3.83. The number of hydrogen-bond acceptors (Lipinski definition) is 4. The van der Waals surface area contributed by atoms with Gasteiger partial charge in [-0.15, -0.1) is 0 Å². The SMILES string of the molecule is BO[C@H]1COC(=O)[C@@H]1CC(C)(C)[Si](C)(C)O. The fourth-order valence-electron chi connectivity index (χ4n) is 1.79. The Labute approximate surface area is 98.9 Å². The summed E-state index contributed by atoms with van der Waals surface area (Å²) in [7, 11) is -0.696. The van der Waals surface area contributed by atoms with Crippen molar-refractivity contribution in [2.75, 3.05) is 6.61 Å². The molecule has 0 aromatic rings. The van der Waals surface area contributed by atoms with Crippen LogP contribution in [0.5, 0.6) is 0 Å². The Morgan fingerprint density at radius 2 is 2.19 bits per heavy atom. The van der Waals surface area contributed by atoms with Crippen molar-refractivity contribution in [1.82, 2.24) is 0 Å². The van der Waals surface area contributed by atoms with Crippen LogP contribution in [0, 0.1) is 5.92 Å². The summed E-state index contributed by atoms with van der Waals surface area (Å²) in [4.78, 5) is 21.8. The van der Waals surface area contributed by atoms with Crippen molar-refractivity contribution in [2.45, 2.75) is 44.5 Å². The lowest BCUT2D eigenvalue weighted by Crippen LogP contribution is -2.42. The van der Waals surface area contributed by atoms with E-state index in [0.717, 1.165) is 0 Å². The van der Waals surface area contributed by atoms with Gasteiger partial charge in [0.1, 0.15) is 6.61 Å². The van der Waals surface area contributed by atoms with Crippen LogP contribution in [-0.4, -0.2) is 39.8 Å². The summed E-state index contributed by atoms with van der Waals surface area (Å²) < 4.78 is 10.2. The van der Waals surface area contributed by atoms with Gasteiger partial charge in [-0.3, -0.25) is 4.79 Å². The molecule has 1 saturated heterocycles. The predicted octanol–water partition coefficient (Wildman–Crippen LogP) is 0.460. The molecule has 1 rings (SSSR count). The second-order valence-electron chi connectivity index (χ2n) is 5.66. The van der Waals surface area contributed by atoms with E-state index in [9.17, 15) is 9.59 Å². The molecule has 6 heteroatoms. The first kappa shape index (κ1) is 13.7. The van der Waals surface area contributed by atoms with Crippen LogP contribution in [-0.2, 0) is 14.2 Å². The summed E-state index contributed by atoms with van der Waals surface area (Å²) >= 11 is 0. The van der Waals surface area contributed by atoms with Gasteiger partial charge in [0, 0.05) is 0 Å². The predicted molar refractivity (Wildman–Crippen MR) is 66.2 cm³/mol. The van der Waals surface area contributed by atoms with Crippen LogP contribution in [0.15, 0.2) is 0 Å². The van der Waals surface area contributed by atoms with Crippen molar-refractivity contribution in [3.8, 4) is 0 Å². The minimum atomic E-state index is -2.29. The molecular formula is C10H21BO4Si. The van der Waals surface area contributed by atoms with Gasteiger partial charge in [0.25, 0.3) is 8.05 Å². The average molecular weight is 244 g/mol. The molecular weight excluding hydrogens is 223 g/mol. The van der Waals surface area contributed by atoms with Crippen LogP contribution in [0.1, 0.15) is 20.3 Å². The maximum Gasteiger partial charge on any atom is 0.311 e. The van der Waals surface area contributed by atoms with Gasteiger partial charge in [0.2, 0.25) is 0 Å². The molecule has 0 amide bonds. The van der Waals surface area contributed by atoms with Crippen molar-refractivity contribution < 1.29 is 19.0 Å². The zero-order valence-corrected chi connectivity index (χ0v) is 11.7. The molecule has 0 aromatic carbocycles. The van der Waals surface area contributed by atoms with E-state index in [0.29, 0.717) is 13.0 Å². The first-order valence-corrected chi connectivity index (χ1v) is 8.55. The highest BCUT2D eigenvalue weighted by molar-refractivity contribution is 6.72. The van der Waals surface area contributed by atoms with E-state index in [4.69, 9.17) is 9.39 Å². The summed E-state index contributed by atoms with van der Waals surface area (Å²) in [6, 6.07) is 0. The van der Waals surface area contributed by atoms with E-state index < -0.39 is 8.32 Å². The van der Waals surface area contributed by atoms with E-state index in [2.05, 4.69) is 0 Å². The Morgan fingerprint density at radius 3 is 2.62 bits per heavy atom. The second-order valence-corrected chi connectivity index (χ2v) is 10.1. The number of ether oxygens (including phenoxy) is 1. The highest BCUT2D eigenvalue weighted by Crippen LogP contribution is 2.43. The molecule has 0 bridgehead atoms. The number of carbonyl (C=O) groups is 1. The fourth-order valence-corrected chi connectivity index (χ4v) is 2.51. The third-order valence-corrected chi connectivity index (χ3v) is 7.35. The van der Waals surface area contributed by atoms with Crippen molar-refractivity contribution in [3.05, 3.63) is 0 Å². The van der Waals surface area contributed by atoms with Gasteiger partial charge in [-0.25, -0.2) is 0 Å². The first-order valence-electron chi connectivity index (χ1n) is 5.61. The van der Waals surface area contributed by atoms with Crippen molar-refractivity contribution >= 4 is 22.3 Å². The van der Waals surface area contributed by atoms with Crippen LogP contribution in [0.2, 0.25) is 18.1 Å². The van der Waals surface area contributed by atoms with Crippen LogP contribution in [0.3, 0.4) is 0 Å². The lowest BCUT2D eigenvalue weighted by atomic mass is 9.93. The standard InChI is InChI=1S/C10H21BO4Si/c1-10(2,16(3,4)13)5-7-8(15-11)6-14-9(7)12/h7-8,13H,5-6,11H2,1-4H3/t7-,8+/m1/s1. The van der Waals surface area contributed by atoms with Gasteiger partial charge >= 0.3 is 5.97 Å². The Balaban J connectivity index is 2.76. The summed E-state index contributed by atoms with van der Waals surface area (Å²) in [6.07, 6.45) is 0.461. The molecule has 1 N–H and O–H groups in total. The molecule has 4 nitrogen and oxygen atoms in total. The maximum absolute atomic E-state index is 11.6. The largest absolute Gasteiger partial charge is 0.463 e. The zero-order chi connectivity index (χ0) is 12.6. The van der Waals surface area contributed by atoms with Crippen molar-refractivity contribution in [2.24, 2.45) is 5.92 Å². The van der Waals surface area contributed by atoms with Crippen molar-refractivity contribution in [1.29, 1.82) is 0 Å². The molecule has 1 aliphatic rings. The smallest absolute Gasteiger partial charge is 0.311 e. The molecule has 0 aromatic heterocycles. The zero-order valence-electron chi connectivity index (χ0n) is 10.7. The van der Waals surface area contributed by atoms with Gasteiger partial charge in [-0.05, 0) is 24.6 Å². The summed E-state index contributed by atoms with van der Waals surface area (Å²) in [5.74, 6) is -0.433. The van der Waals surface area contributed by atoms with Gasteiger partial charge < -0.3 is 14.2 Å². The monoisotopic (exact) mass is 244 g/mol. The maximum atomic E-state index is 11.6. The Hall–Kier alpha value is -0.328. The molecule has 0 saturated carbocycles. The lowest BCUT2D eigenvalue weighted by Gasteiger charge is -2.37. The molecule has 92 valence electrons. The number of carbonyl (C=O) groups excluding carboxylic acids is 1. The molecule has 0 radical (unpaired) electrons. The van der Waals surface area contributed by atoms with Crippen LogP contribution < -0.4 is 0 Å². The van der Waals surface area contributed by atoms with Gasteiger partial charge in [0.05, 0.1) is 12.0 Å². The van der Waals surface area contributed by atoms with Crippen LogP contribution >= 0.6 is 0 Å². The Bertz CT molecular complexity index is 274. The molecule has 2 atom stereocenters. The van der Waals surface area contributed by atoms with Gasteiger partial charge in [-0.1, -0.05) is 13.8 Å². The highest BCUT2D eigenvalue weighted by Gasteiger charge is 2.46. The van der Waals surface area contributed by atoms with Crippen LogP contribution in [0.4, 0.5) is 0 Å². The first-order chi connectivity index (χ1) is 7.19. The second kappa shape index (κ2) is 4.51. The van der Waals surface area contributed by atoms with E-state index in [1.165, 1.54) is 0 Å². The average Bonchev–Trinajstić information content (AvgIpc) is 2.45. The molecule has 0 aliphatic carbocycles. The molecule has 16 heavy (non-hydrogen) atoms. The number of hydrogen-bond donors (Lipinski definition) is 1. The molecule has 1 fully saturated rings. The van der Waals surface area contributed by atoms with E-state index in [-0.39, 0.29) is 23.0 Å². The van der Waals surface area contributed by atoms with Crippen LogP contribution in [0.25, 0.3) is 0 Å². The van der Waals surface area contributed by atoms with Gasteiger partial charge in [0.15, 0.2) is 8.32 Å². The summed E-state index contributed by atoms with van der Waals surface area (Å²) in [6.45, 7) is 8.16. The number of esters is 1. The highest BCUT2D eigenvalue weighted by atomic mass is 28.4. The van der Waals surface area contributed by atoms with E-state index in [1.807, 2.05) is 26.9 Å².